The van der Waals surface area contributed by atoms with Crippen molar-refractivity contribution in [3.63, 3.8) is 0 Å². The molecule has 0 amide bonds. The lowest BCUT2D eigenvalue weighted by atomic mass is 10.3. The average molecular weight is 315 g/mol. The Hall–Kier alpha value is -2.61. The highest BCUT2D eigenvalue weighted by Gasteiger charge is 2.14. The van der Waals surface area contributed by atoms with Crippen molar-refractivity contribution in [1.29, 1.82) is 0 Å². The molecule has 0 radical (unpaired) electrons. The van der Waals surface area contributed by atoms with Crippen LogP contribution in [-0.4, -0.2) is 30.6 Å². The van der Waals surface area contributed by atoms with Crippen LogP contribution >= 0.6 is 11.8 Å². The first-order valence-electron chi connectivity index (χ1n) is 6.45. The van der Waals surface area contributed by atoms with Gasteiger partial charge in [0.2, 0.25) is 0 Å². The Morgan fingerprint density at radius 1 is 1.18 bits per heavy atom. The third-order valence-electron chi connectivity index (χ3n) is 3.21. The Morgan fingerprint density at radius 3 is 2.59 bits per heavy atom. The van der Waals surface area contributed by atoms with Crippen LogP contribution in [0.2, 0.25) is 0 Å². The van der Waals surface area contributed by atoms with Gasteiger partial charge in [0, 0.05) is 18.1 Å². The number of aryl methyl sites for hydroxylation is 1. The maximum absolute atomic E-state index is 12.0. The number of aromatic nitrogens is 5. The van der Waals surface area contributed by atoms with Crippen molar-refractivity contribution < 1.29 is 0 Å². The molecule has 0 aliphatic rings. The quantitative estimate of drug-likeness (QED) is 0.730. The number of aromatic amines is 1. The number of nitrogens with one attached hydrogen (secondary N) is 1. The van der Waals surface area contributed by atoms with Gasteiger partial charge in [-0.15, -0.1) is 11.8 Å². The smallest absolute Gasteiger partial charge is 0.303 e. The zero-order valence-corrected chi connectivity index (χ0v) is 12.8. The van der Waals surface area contributed by atoms with Crippen LogP contribution < -0.4 is 11.2 Å². The zero-order chi connectivity index (χ0) is 15.7. The third kappa shape index (κ3) is 2.48. The SMILES string of the molecule is CSc1ccc(-n2ncnc2-c2cn(C)c(=O)[nH]c2=O)cc1. The summed E-state index contributed by atoms with van der Waals surface area (Å²) in [5, 5.41) is 4.17. The highest BCUT2D eigenvalue weighted by molar-refractivity contribution is 7.98. The van der Waals surface area contributed by atoms with E-state index in [2.05, 4.69) is 15.1 Å². The summed E-state index contributed by atoms with van der Waals surface area (Å²) < 4.78 is 2.87. The minimum absolute atomic E-state index is 0.286. The molecule has 0 aliphatic carbocycles. The first-order chi connectivity index (χ1) is 10.6. The second kappa shape index (κ2) is 5.64. The molecule has 8 heteroatoms. The van der Waals surface area contributed by atoms with Crippen LogP contribution in [0.25, 0.3) is 17.1 Å². The monoisotopic (exact) mass is 315 g/mol. The minimum atomic E-state index is -0.488. The maximum Gasteiger partial charge on any atom is 0.328 e. The molecule has 3 aromatic rings. The Bertz CT molecular complexity index is 923. The Labute approximate surface area is 129 Å². The van der Waals surface area contributed by atoms with E-state index in [0.717, 1.165) is 10.6 Å². The van der Waals surface area contributed by atoms with Gasteiger partial charge >= 0.3 is 5.69 Å². The van der Waals surface area contributed by atoms with Gasteiger partial charge in [0.15, 0.2) is 5.82 Å². The molecule has 2 heterocycles. The van der Waals surface area contributed by atoms with Crippen molar-refractivity contribution in [3.05, 3.63) is 57.6 Å². The van der Waals surface area contributed by atoms with E-state index >= 15 is 0 Å². The zero-order valence-electron chi connectivity index (χ0n) is 12.0. The highest BCUT2D eigenvalue weighted by atomic mass is 32.2. The molecular formula is C14H13N5O2S. The van der Waals surface area contributed by atoms with E-state index in [9.17, 15) is 9.59 Å². The van der Waals surface area contributed by atoms with E-state index in [1.807, 2.05) is 30.5 Å². The summed E-state index contributed by atoms with van der Waals surface area (Å²) in [6, 6.07) is 7.74. The van der Waals surface area contributed by atoms with Crippen molar-refractivity contribution in [2.24, 2.45) is 7.05 Å². The summed E-state index contributed by atoms with van der Waals surface area (Å²) in [7, 11) is 1.57. The molecule has 2 aromatic heterocycles. The molecule has 22 heavy (non-hydrogen) atoms. The Morgan fingerprint density at radius 2 is 1.91 bits per heavy atom. The van der Waals surface area contributed by atoms with Crippen LogP contribution in [-0.2, 0) is 7.05 Å². The van der Waals surface area contributed by atoms with Crippen LogP contribution in [0.15, 0.2) is 51.3 Å². The van der Waals surface area contributed by atoms with Gasteiger partial charge in [-0.2, -0.15) is 5.10 Å². The van der Waals surface area contributed by atoms with Crippen molar-refractivity contribution in [2.75, 3.05) is 6.26 Å². The van der Waals surface area contributed by atoms with Gasteiger partial charge in [0.05, 0.1) is 5.69 Å². The predicted octanol–water partition coefficient (Wildman–Crippen LogP) is 1.04. The summed E-state index contributed by atoms with van der Waals surface area (Å²) >= 11 is 1.64. The standard InChI is InChI=1S/C14H13N5O2S/c1-18-7-11(13(20)17-14(18)21)12-15-8-16-19(12)9-3-5-10(22-2)6-4-9/h3-8H,1-2H3,(H,17,20,21). The number of H-pyrrole nitrogens is 1. The fraction of sp³-hybridized carbons (Fsp3) is 0.143. The van der Waals surface area contributed by atoms with Crippen LogP contribution in [0.3, 0.4) is 0 Å². The predicted molar refractivity (Wildman–Crippen MR) is 84.4 cm³/mol. The molecule has 0 unspecified atom stereocenters. The summed E-state index contributed by atoms with van der Waals surface area (Å²) in [5.74, 6) is 0.383. The fourth-order valence-corrected chi connectivity index (χ4v) is 2.47. The lowest BCUT2D eigenvalue weighted by Gasteiger charge is -2.07. The summed E-state index contributed by atoms with van der Waals surface area (Å²) in [4.78, 5) is 31.0. The van der Waals surface area contributed by atoms with Gasteiger partial charge < -0.3 is 4.57 Å². The van der Waals surface area contributed by atoms with Crippen LogP contribution in [0.1, 0.15) is 0 Å². The topological polar surface area (TPSA) is 85.6 Å². The first-order valence-corrected chi connectivity index (χ1v) is 7.67. The fourth-order valence-electron chi connectivity index (χ4n) is 2.06. The van der Waals surface area contributed by atoms with E-state index in [-0.39, 0.29) is 5.56 Å². The largest absolute Gasteiger partial charge is 0.328 e. The average Bonchev–Trinajstić information content (AvgIpc) is 3.00. The highest BCUT2D eigenvalue weighted by Crippen LogP contribution is 2.20. The lowest BCUT2D eigenvalue weighted by Crippen LogP contribution is -2.29. The molecule has 0 saturated carbocycles. The third-order valence-corrected chi connectivity index (χ3v) is 3.96. The molecular weight excluding hydrogens is 302 g/mol. The van der Waals surface area contributed by atoms with Crippen LogP contribution in [0.5, 0.6) is 0 Å². The number of hydrogen-bond acceptors (Lipinski definition) is 5. The van der Waals surface area contributed by atoms with E-state index in [0.29, 0.717) is 5.82 Å². The summed E-state index contributed by atoms with van der Waals surface area (Å²) in [6.07, 6.45) is 4.83. The summed E-state index contributed by atoms with van der Waals surface area (Å²) in [5.41, 5.74) is 0.120. The van der Waals surface area contributed by atoms with Crippen molar-refractivity contribution in [1.82, 2.24) is 24.3 Å². The molecule has 0 atom stereocenters. The van der Waals surface area contributed by atoms with Gasteiger partial charge in [-0.05, 0) is 30.5 Å². The Balaban J connectivity index is 2.15. The van der Waals surface area contributed by atoms with E-state index < -0.39 is 11.2 Å². The molecule has 3 rings (SSSR count). The van der Waals surface area contributed by atoms with E-state index in [1.54, 1.807) is 23.5 Å². The molecule has 0 saturated heterocycles. The number of hydrogen-bond donors (Lipinski definition) is 1. The van der Waals surface area contributed by atoms with Gasteiger partial charge in [-0.3, -0.25) is 9.78 Å². The maximum atomic E-state index is 12.0. The lowest BCUT2D eigenvalue weighted by molar-refractivity contribution is 0.795. The molecule has 112 valence electrons. The number of nitrogens with zero attached hydrogens (tertiary/aromatic N) is 4. The normalized spacial score (nSPS) is 10.8. The second-order valence-corrected chi connectivity index (χ2v) is 5.49. The van der Waals surface area contributed by atoms with Crippen LogP contribution in [0.4, 0.5) is 0 Å². The van der Waals surface area contributed by atoms with Crippen LogP contribution in [0, 0.1) is 0 Å². The number of rotatable bonds is 3. The molecule has 7 nitrogen and oxygen atoms in total. The van der Waals surface area contributed by atoms with Gasteiger partial charge in [0.25, 0.3) is 5.56 Å². The van der Waals surface area contributed by atoms with E-state index in [1.165, 1.54) is 17.1 Å². The van der Waals surface area contributed by atoms with Crippen molar-refractivity contribution in [2.45, 2.75) is 4.90 Å². The van der Waals surface area contributed by atoms with Crippen molar-refractivity contribution in [3.8, 4) is 17.1 Å². The molecule has 1 aromatic carbocycles. The Kier molecular flexibility index (Phi) is 3.68. The molecule has 0 fully saturated rings. The van der Waals surface area contributed by atoms with E-state index in [4.69, 9.17) is 0 Å². The number of benzene rings is 1. The molecule has 1 N–H and O–H groups in total. The molecule has 0 aliphatic heterocycles. The first kappa shape index (κ1) is 14.3. The summed E-state index contributed by atoms with van der Waals surface area (Å²) in [6.45, 7) is 0. The van der Waals surface area contributed by atoms with Gasteiger partial charge in [-0.1, -0.05) is 0 Å². The second-order valence-electron chi connectivity index (χ2n) is 4.61. The minimum Gasteiger partial charge on any atom is -0.303 e. The van der Waals surface area contributed by atoms with Crippen molar-refractivity contribution >= 4 is 11.8 Å². The molecule has 0 spiro atoms. The number of thioether (sulfide) groups is 1. The van der Waals surface area contributed by atoms with Gasteiger partial charge in [-0.25, -0.2) is 14.5 Å². The molecule has 0 bridgehead atoms. The van der Waals surface area contributed by atoms with Gasteiger partial charge in [0.1, 0.15) is 11.9 Å².